The molecular formula is C12H18BrIN2O. The molecule has 0 atom stereocenters. The molecule has 0 unspecified atom stereocenters. The van der Waals surface area contributed by atoms with Crippen LogP contribution in [-0.4, -0.2) is 33.4 Å². The fraction of sp³-hybridized carbons (Fsp3) is 0.500. The molecule has 0 fully saturated rings. The third kappa shape index (κ3) is 6.71. The van der Waals surface area contributed by atoms with E-state index in [-0.39, 0.29) is 0 Å². The van der Waals surface area contributed by atoms with Gasteiger partial charge in [0.2, 0.25) is 0 Å². The highest BCUT2D eigenvalue weighted by molar-refractivity contribution is 14.1. The van der Waals surface area contributed by atoms with Crippen LogP contribution >= 0.6 is 38.5 Å². The average Bonchev–Trinajstić information content (AvgIpc) is 2.32. The number of rotatable bonds is 8. The molecule has 1 aromatic carbocycles. The minimum Gasteiger partial charge on any atom is -0.383 e. The van der Waals surface area contributed by atoms with E-state index in [9.17, 15) is 0 Å². The molecule has 0 spiro atoms. The van der Waals surface area contributed by atoms with Crippen molar-refractivity contribution in [2.75, 3.05) is 33.4 Å². The van der Waals surface area contributed by atoms with E-state index in [2.05, 4.69) is 67.4 Å². The fourth-order valence-electron chi connectivity index (χ4n) is 1.38. The molecule has 1 rings (SSSR count). The Morgan fingerprint density at radius 1 is 1.24 bits per heavy atom. The van der Waals surface area contributed by atoms with Gasteiger partial charge in [-0.3, -0.25) is 0 Å². The maximum Gasteiger partial charge on any atom is 0.0587 e. The lowest BCUT2D eigenvalue weighted by atomic mass is 10.2. The summed E-state index contributed by atoms with van der Waals surface area (Å²) >= 11 is 5.89. The molecule has 0 aliphatic carbocycles. The molecule has 0 radical (unpaired) electrons. The number of hydrogen-bond acceptors (Lipinski definition) is 3. The molecule has 0 heterocycles. The van der Waals surface area contributed by atoms with E-state index in [4.69, 9.17) is 4.74 Å². The van der Waals surface area contributed by atoms with E-state index in [1.54, 1.807) is 7.11 Å². The number of benzene rings is 1. The zero-order valence-electron chi connectivity index (χ0n) is 9.93. The summed E-state index contributed by atoms with van der Waals surface area (Å²) in [5.41, 5.74) is 1.30. The molecule has 0 aromatic heterocycles. The topological polar surface area (TPSA) is 33.3 Å². The summed E-state index contributed by atoms with van der Waals surface area (Å²) < 4.78 is 7.39. The maximum atomic E-state index is 4.96. The molecule has 96 valence electrons. The summed E-state index contributed by atoms with van der Waals surface area (Å²) in [6.45, 7) is 4.49. The highest BCUT2D eigenvalue weighted by Gasteiger charge is 1.99. The van der Waals surface area contributed by atoms with Gasteiger partial charge in [0.25, 0.3) is 0 Å². The molecule has 2 N–H and O–H groups in total. The quantitative estimate of drug-likeness (QED) is 0.508. The molecule has 0 aliphatic heterocycles. The van der Waals surface area contributed by atoms with Gasteiger partial charge < -0.3 is 15.4 Å². The second-order valence-electron chi connectivity index (χ2n) is 3.66. The Hall–Kier alpha value is 0.310. The van der Waals surface area contributed by atoms with Crippen LogP contribution in [0.2, 0.25) is 0 Å². The Bertz CT molecular complexity index is 336. The summed E-state index contributed by atoms with van der Waals surface area (Å²) in [7, 11) is 1.72. The van der Waals surface area contributed by atoms with Crippen molar-refractivity contribution in [1.29, 1.82) is 0 Å². The van der Waals surface area contributed by atoms with Crippen molar-refractivity contribution < 1.29 is 4.74 Å². The number of methoxy groups -OCH3 is 1. The summed E-state index contributed by atoms with van der Waals surface area (Å²) in [6, 6.07) is 6.38. The second kappa shape index (κ2) is 9.27. The van der Waals surface area contributed by atoms with Crippen LogP contribution < -0.4 is 10.6 Å². The minimum absolute atomic E-state index is 0.766. The van der Waals surface area contributed by atoms with Gasteiger partial charge in [0.05, 0.1) is 6.61 Å². The summed E-state index contributed by atoms with van der Waals surface area (Å²) in [6.07, 6.45) is 0. The van der Waals surface area contributed by atoms with E-state index in [0.717, 1.165) is 37.3 Å². The van der Waals surface area contributed by atoms with E-state index >= 15 is 0 Å². The first-order chi connectivity index (χ1) is 8.24. The Morgan fingerprint density at radius 2 is 2.00 bits per heavy atom. The Morgan fingerprint density at radius 3 is 2.76 bits per heavy atom. The molecule has 0 aliphatic rings. The van der Waals surface area contributed by atoms with Crippen molar-refractivity contribution in [3.8, 4) is 0 Å². The van der Waals surface area contributed by atoms with Crippen molar-refractivity contribution in [3.63, 3.8) is 0 Å². The van der Waals surface area contributed by atoms with Crippen molar-refractivity contribution in [2.24, 2.45) is 0 Å². The minimum atomic E-state index is 0.766. The van der Waals surface area contributed by atoms with Gasteiger partial charge in [-0.15, -0.1) is 0 Å². The number of ether oxygens (including phenoxy) is 1. The van der Waals surface area contributed by atoms with Gasteiger partial charge in [0.1, 0.15) is 0 Å². The molecule has 17 heavy (non-hydrogen) atoms. The van der Waals surface area contributed by atoms with E-state index in [1.807, 2.05) is 0 Å². The zero-order chi connectivity index (χ0) is 12.5. The van der Waals surface area contributed by atoms with Crippen LogP contribution in [0.25, 0.3) is 0 Å². The molecule has 3 nitrogen and oxygen atoms in total. The summed E-state index contributed by atoms with van der Waals surface area (Å²) in [5, 5.41) is 6.71. The van der Waals surface area contributed by atoms with Crippen LogP contribution in [0, 0.1) is 3.57 Å². The predicted molar refractivity (Wildman–Crippen MR) is 83.3 cm³/mol. The summed E-state index contributed by atoms with van der Waals surface area (Å²) in [4.78, 5) is 0. The Kier molecular flexibility index (Phi) is 8.38. The lowest BCUT2D eigenvalue weighted by molar-refractivity contribution is 0.199. The highest BCUT2D eigenvalue weighted by Crippen LogP contribution is 2.19. The maximum absolute atomic E-state index is 4.96. The Balaban J connectivity index is 2.15. The van der Waals surface area contributed by atoms with Crippen molar-refractivity contribution in [2.45, 2.75) is 6.54 Å². The predicted octanol–water partition coefficient (Wildman–Crippen LogP) is 2.38. The number of halogens is 2. The first-order valence-corrected chi connectivity index (χ1v) is 7.45. The van der Waals surface area contributed by atoms with Gasteiger partial charge in [0, 0.05) is 41.3 Å². The van der Waals surface area contributed by atoms with Crippen molar-refractivity contribution in [1.82, 2.24) is 10.6 Å². The second-order valence-corrected chi connectivity index (χ2v) is 5.76. The van der Waals surface area contributed by atoms with Gasteiger partial charge in [-0.25, -0.2) is 0 Å². The van der Waals surface area contributed by atoms with Crippen LogP contribution in [0.1, 0.15) is 5.56 Å². The molecule has 0 saturated carbocycles. The number of nitrogens with one attached hydrogen (secondary N) is 2. The van der Waals surface area contributed by atoms with Crippen LogP contribution in [0.15, 0.2) is 22.7 Å². The lowest BCUT2D eigenvalue weighted by Gasteiger charge is -2.08. The third-order valence-corrected chi connectivity index (χ3v) is 3.73. The molecular weight excluding hydrogens is 395 g/mol. The largest absolute Gasteiger partial charge is 0.383 e. The zero-order valence-corrected chi connectivity index (χ0v) is 13.7. The number of hydrogen-bond donors (Lipinski definition) is 2. The van der Waals surface area contributed by atoms with Crippen molar-refractivity contribution in [3.05, 3.63) is 31.8 Å². The molecule has 1 aromatic rings. The SMILES string of the molecule is COCCNCCNCc1cc(I)ccc1Br. The van der Waals surface area contributed by atoms with E-state index in [1.165, 1.54) is 9.13 Å². The lowest BCUT2D eigenvalue weighted by Crippen LogP contribution is -2.29. The monoisotopic (exact) mass is 412 g/mol. The fourth-order valence-corrected chi connectivity index (χ4v) is 2.32. The van der Waals surface area contributed by atoms with E-state index < -0.39 is 0 Å². The van der Waals surface area contributed by atoms with Gasteiger partial charge in [-0.05, 0) is 46.4 Å². The third-order valence-electron chi connectivity index (χ3n) is 2.28. The average molecular weight is 413 g/mol. The van der Waals surface area contributed by atoms with Crippen LogP contribution in [0.4, 0.5) is 0 Å². The van der Waals surface area contributed by atoms with E-state index in [0.29, 0.717) is 0 Å². The van der Waals surface area contributed by atoms with Crippen LogP contribution in [0.3, 0.4) is 0 Å². The molecule has 0 bridgehead atoms. The molecule has 0 amide bonds. The first-order valence-electron chi connectivity index (χ1n) is 5.58. The van der Waals surface area contributed by atoms with Crippen LogP contribution in [0.5, 0.6) is 0 Å². The molecule has 5 heteroatoms. The standard InChI is InChI=1S/C12H18BrIN2O/c1-17-7-6-15-4-5-16-9-10-8-11(14)2-3-12(10)13/h2-3,8,15-16H,4-7,9H2,1H3. The van der Waals surface area contributed by atoms with Gasteiger partial charge in [-0.1, -0.05) is 15.9 Å². The normalized spacial score (nSPS) is 10.8. The summed E-state index contributed by atoms with van der Waals surface area (Å²) in [5.74, 6) is 0. The molecule has 0 saturated heterocycles. The van der Waals surface area contributed by atoms with Gasteiger partial charge in [-0.2, -0.15) is 0 Å². The van der Waals surface area contributed by atoms with Gasteiger partial charge >= 0.3 is 0 Å². The Labute approximate surface area is 125 Å². The van der Waals surface area contributed by atoms with Gasteiger partial charge in [0.15, 0.2) is 0 Å². The van der Waals surface area contributed by atoms with Crippen molar-refractivity contribution >= 4 is 38.5 Å². The van der Waals surface area contributed by atoms with Crippen LogP contribution in [-0.2, 0) is 11.3 Å². The highest BCUT2D eigenvalue weighted by atomic mass is 127. The smallest absolute Gasteiger partial charge is 0.0587 e. The first kappa shape index (κ1) is 15.4.